The number of carbonyl (C=O) groups is 1. The van der Waals surface area contributed by atoms with Crippen LogP contribution in [0.1, 0.15) is 33.6 Å². The van der Waals surface area contributed by atoms with E-state index in [0.29, 0.717) is 11.7 Å². The average Bonchev–Trinajstić information content (AvgIpc) is 3.10. The Labute approximate surface area is 111 Å². The molecule has 0 radical (unpaired) electrons. The average molecular weight is 256 g/mol. The van der Waals surface area contributed by atoms with Crippen LogP contribution in [0, 0.1) is 19.8 Å². The molecule has 18 heavy (non-hydrogen) atoms. The van der Waals surface area contributed by atoms with Crippen molar-refractivity contribution in [3.05, 3.63) is 46.3 Å². The summed E-state index contributed by atoms with van der Waals surface area (Å²) >= 11 is 1.64. The summed E-state index contributed by atoms with van der Waals surface area (Å²) < 4.78 is 0. The Kier molecular flexibility index (Phi) is 2.83. The normalized spacial score (nSPS) is 14.8. The highest BCUT2D eigenvalue weighted by molar-refractivity contribution is 7.17. The minimum atomic E-state index is 0.315. The molecule has 0 amide bonds. The van der Waals surface area contributed by atoms with E-state index < -0.39 is 0 Å². The van der Waals surface area contributed by atoms with Crippen molar-refractivity contribution in [1.82, 2.24) is 0 Å². The van der Waals surface area contributed by atoms with Gasteiger partial charge in [0.2, 0.25) is 0 Å². The van der Waals surface area contributed by atoms with Crippen LogP contribution in [-0.2, 0) is 0 Å². The maximum atomic E-state index is 12.0. The van der Waals surface area contributed by atoms with Crippen molar-refractivity contribution in [1.29, 1.82) is 0 Å². The van der Waals surface area contributed by atoms with Gasteiger partial charge in [0.15, 0.2) is 5.78 Å². The van der Waals surface area contributed by atoms with E-state index in [1.807, 2.05) is 6.07 Å². The quantitative estimate of drug-likeness (QED) is 0.732. The maximum Gasteiger partial charge on any atom is 0.175 e. The van der Waals surface area contributed by atoms with Crippen molar-refractivity contribution >= 4 is 17.1 Å². The number of hydrogen-bond donors (Lipinski definition) is 0. The Hall–Kier alpha value is -1.41. The number of rotatable bonds is 3. The molecule has 1 saturated carbocycles. The van der Waals surface area contributed by atoms with E-state index in [1.165, 1.54) is 21.6 Å². The lowest BCUT2D eigenvalue weighted by atomic mass is 10.0. The molecule has 0 saturated heterocycles. The highest BCUT2D eigenvalue weighted by Gasteiger charge is 2.31. The predicted octanol–water partition coefficient (Wildman–Crippen LogP) is 4.62. The fourth-order valence-corrected chi connectivity index (χ4v) is 3.29. The molecule has 1 aromatic heterocycles. The molecule has 92 valence electrons. The van der Waals surface area contributed by atoms with E-state index in [0.717, 1.165) is 17.7 Å². The van der Waals surface area contributed by atoms with Crippen molar-refractivity contribution < 1.29 is 4.79 Å². The molecule has 1 aliphatic rings. The first-order chi connectivity index (χ1) is 8.66. The molecule has 3 rings (SSSR count). The molecule has 0 spiro atoms. The number of ketones is 1. The van der Waals surface area contributed by atoms with Gasteiger partial charge < -0.3 is 0 Å². The zero-order chi connectivity index (χ0) is 12.7. The molecule has 0 N–H and O–H groups in total. The van der Waals surface area contributed by atoms with Gasteiger partial charge in [-0.15, -0.1) is 11.3 Å². The minimum absolute atomic E-state index is 0.315. The van der Waals surface area contributed by atoms with Gasteiger partial charge in [0, 0.05) is 10.8 Å². The van der Waals surface area contributed by atoms with E-state index in [4.69, 9.17) is 0 Å². The number of benzene rings is 1. The Morgan fingerprint density at radius 1 is 1.17 bits per heavy atom. The third-order valence-electron chi connectivity index (χ3n) is 3.67. The number of thiophene rings is 1. The smallest absolute Gasteiger partial charge is 0.175 e. The van der Waals surface area contributed by atoms with Crippen LogP contribution in [0.25, 0.3) is 10.4 Å². The molecule has 2 aromatic rings. The van der Waals surface area contributed by atoms with Crippen LogP contribution in [0.15, 0.2) is 30.3 Å². The molecular formula is C16H16OS. The molecule has 2 heteroatoms. The van der Waals surface area contributed by atoms with Gasteiger partial charge in [-0.3, -0.25) is 4.79 Å². The molecular weight excluding hydrogens is 240 g/mol. The molecule has 1 fully saturated rings. The van der Waals surface area contributed by atoms with Crippen LogP contribution < -0.4 is 0 Å². The summed E-state index contributed by atoms with van der Waals surface area (Å²) in [6, 6.07) is 10.4. The molecule has 0 unspecified atom stereocenters. The van der Waals surface area contributed by atoms with E-state index in [1.54, 1.807) is 11.3 Å². The molecule has 1 nitrogen and oxygen atoms in total. The molecule has 1 aromatic carbocycles. The van der Waals surface area contributed by atoms with Gasteiger partial charge in [0.25, 0.3) is 0 Å². The third-order valence-corrected chi connectivity index (χ3v) is 4.80. The van der Waals surface area contributed by atoms with Gasteiger partial charge in [0.05, 0.1) is 4.88 Å². The van der Waals surface area contributed by atoms with Crippen molar-refractivity contribution in [2.45, 2.75) is 26.7 Å². The predicted molar refractivity (Wildman–Crippen MR) is 76.3 cm³/mol. The lowest BCUT2D eigenvalue weighted by Gasteiger charge is -2.05. The van der Waals surface area contributed by atoms with Gasteiger partial charge in [-0.05, 0) is 55.5 Å². The van der Waals surface area contributed by atoms with Crippen molar-refractivity contribution in [3.8, 4) is 10.4 Å². The summed E-state index contributed by atoms with van der Waals surface area (Å²) in [5.74, 6) is 0.659. The zero-order valence-corrected chi connectivity index (χ0v) is 11.5. The zero-order valence-electron chi connectivity index (χ0n) is 10.7. The SMILES string of the molecule is Cc1cccc(-c2ccc(C(=O)C3CC3)s2)c1C. The number of aryl methyl sites for hydroxylation is 1. The molecule has 1 aliphatic carbocycles. The summed E-state index contributed by atoms with van der Waals surface area (Å²) in [6.07, 6.45) is 2.16. The highest BCUT2D eigenvalue weighted by atomic mass is 32.1. The van der Waals surface area contributed by atoms with Crippen molar-refractivity contribution in [2.75, 3.05) is 0 Å². The first-order valence-corrected chi connectivity index (χ1v) is 7.19. The van der Waals surface area contributed by atoms with E-state index >= 15 is 0 Å². The molecule has 0 bridgehead atoms. The summed E-state index contributed by atoms with van der Waals surface area (Å²) in [4.78, 5) is 14.1. The third kappa shape index (κ3) is 2.01. The summed E-state index contributed by atoms with van der Waals surface area (Å²) in [6.45, 7) is 4.27. The van der Waals surface area contributed by atoms with Gasteiger partial charge >= 0.3 is 0 Å². The summed E-state index contributed by atoms with van der Waals surface area (Å²) in [7, 11) is 0. The van der Waals surface area contributed by atoms with E-state index in [2.05, 4.69) is 38.1 Å². The van der Waals surface area contributed by atoms with Crippen LogP contribution in [0.4, 0.5) is 0 Å². The Balaban J connectivity index is 1.97. The van der Waals surface area contributed by atoms with Crippen molar-refractivity contribution in [3.63, 3.8) is 0 Å². The lowest BCUT2D eigenvalue weighted by Crippen LogP contribution is -1.96. The van der Waals surface area contributed by atoms with E-state index in [-0.39, 0.29) is 0 Å². The Bertz CT molecular complexity index is 605. The van der Waals surface area contributed by atoms with Gasteiger partial charge in [0.1, 0.15) is 0 Å². The maximum absolute atomic E-state index is 12.0. The van der Waals surface area contributed by atoms with Gasteiger partial charge in [-0.1, -0.05) is 18.2 Å². The summed E-state index contributed by atoms with van der Waals surface area (Å²) in [5, 5.41) is 0. The first kappa shape index (κ1) is 11.7. The molecule has 0 aliphatic heterocycles. The number of Topliss-reactive ketones (excluding diaryl/α,β-unsaturated/α-hetero) is 1. The Morgan fingerprint density at radius 3 is 2.67 bits per heavy atom. The van der Waals surface area contributed by atoms with Crippen LogP contribution in [-0.4, -0.2) is 5.78 Å². The van der Waals surface area contributed by atoms with Crippen LogP contribution in [0.2, 0.25) is 0 Å². The standard InChI is InChI=1S/C16H16OS/c1-10-4-3-5-13(11(10)2)14-8-9-15(18-14)16(17)12-6-7-12/h3-5,8-9,12H,6-7H2,1-2H3. The molecule has 0 atom stereocenters. The molecule has 1 heterocycles. The lowest BCUT2D eigenvalue weighted by molar-refractivity contribution is 0.0971. The second kappa shape index (κ2) is 4.36. The second-order valence-corrected chi connectivity index (χ2v) is 6.13. The Morgan fingerprint density at radius 2 is 1.94 bits per heavy atom. The fraction of sp³-hybridized carbons (Fsp3) is 0.312. The van der Waals surface area contributed by atoms with Crippen LogP contribution >= 0.6 is 11.3 Å². The topological polar surface area (TPSA) is 17.1 Å². The number of hydrogen-bond acceptors (Lipinski definition) is 2. The highest BCUT2D eigenvalue weighted by Crippen LogP contribution is 2.37. The second-order valence-electron chi connectivity index (χ2n) is 5.05. The number of carbonyl (C=O) groups excluding carboxylic acids is 1. The van der Waals surface area contributed by atoms with Gasteiger partial charge in [-0.25, -0.2) is 0 Å². The largest absolute Gasteiger partial charge is 0.293 e. The van der Waals surface area contributed by atoms with Gasteiger partial charge in [-0.2, -0.15) is 0 Å². The first-order valence-electron chi connectivity index (χ1n) is 6.37. The van der Waals surface area contributed by atoms with Crippen LogP contribution in [0.5, 0.6) is 0 Å². The van der Waals surface area contributed by atoms with Crippen molar-refractivity contribution in [2.24, 2.45) is 5.92 Å². The van der Waals surface area contributed by atoms with E-state index in [9.17, 15) is 4.79 Å². The fourth-order valence-electron chi connectivity index (χ4n) is 2.18. The minimum Gasteiger partial charge on any atom is -0.293 e. The summed E-state index contributed by atoms with van der Waals surface area (Å²) in [5.41, 5.74) is 3.87. The van der Waals surface area contributed by atoms with Crippen LogP contribution in [0.3, 0.4) is 0 Å². The monoisotopic (exact) mass is 256 g/mol.